The van der Waals surface area contributed by atoms with Gasteiger partial charge in [-0.05, 0) is 18.8 Å². The summed E-state index contributed by atoms with van der Waals surface area (Å²) in [5.74, 6) is 0.625. The van der Waals surface area contributed by atoms with Gasteiger partial charge in [0, 0.05) is 5.92 Å². The summed E-state index contributed by atoms with van der Waals surface area (Å²) in [4.78, 5) is 11.6. The third-order valence-corrected chi connectivity index (χ3v) is 3.10. The zero-order valence-electron chi connectivity index (χ0n) is 7.23. The molecule has 2 aliphatic rings. The van der Waals surface area contributed by atoms with E-state index in [-0.39, 0.29) is 17.6 Å². The van der Waals surface area contributed by atoms with Crippen LogP contribution in [-0.4, -0.2) is 17.0 Å². The summed E-state index contributed by atoms with van der Waals surface area (Å²) < 4.78 is 0. The van der Waals surface area contributed by atoms with Crippen molar-refractivity contribution < 1.29 is 9.90 Å². The highest BCUT2D eigenvalue weighted by Gasteiger charge is 2.45. The van der Waals surface area contributed by atoms with Gasteiger partial charge in [-0.25, -0.2) is 0 Å². The molecule has 4 atom stereocenters. The number of Topliss-reactive ketones (excluding diaryl/α,β-unsaturated/α-hetero) is 1. The third-order valence-electron chi connectivity index (χ3n) is 3.10. The lowest BCUT2D eigenvalue weighted by Crippen LogP contribution is -2.30. The average molecular weight is 166 g/mol. The summed E-state index contributed by atoms with van der Waals surface area (Å²) in [6.07, 6.45) is 5.30. The quantitative estimate of drug-likeness (QED) is 0.625. The van der Waals surface area contributed by atoms with Crippen LogP contribution in [0, 0.1) is 17.8 Å². The van der Waals surface area contributed by atoms with Gasteiger partial charge in [0.2, 0.25) is 0 Å². The van der Waals surface area contributed by atoms with E-state index in [0.717, 1.165) is 6.42 Å². The number of aliphatic hydroxyl groups is 1. The maximum Gasteiger partial charge on any atom is 0.145 e. The first-order valence-electron chi connectivity index (χ1n) is 4.64. The first-order chi connectivity index (χ1) is 5.74. The number of aliphatic hydroxyl groups excluding tert-OH is 1. The number of hydrogen-bond acceptors (Lipinski definition) is 2. The average Bonchev–Trinajstić information content (AvgIpc) is 2.63. The molecule has 0 aromatic carbocycles. The first kappa shape index (κ1) is 7.99. The molecule has 0 heterocycles. The highest BCUT2D eigenvalue weighted by atomic mass is 16.3. The molecule has 0 radical (unpaired) electrons. The number of rotatable bonds is 2. The molecule has 0 spiro atoms. The fraction of sp³-hybridized carbons (Fsp3) is 0.700. The molecular formula is C10H14O2. The fourth-order valence-electron chi connectivity index (χ4n) is 2.39. The monoisotopic (exact) mass is 166 g/mol. The summed E-state index contributed by atoms with van der Waals surface area (Å²) >= 11 is 0. The maximum absolute atomic E-state index is 11.6. The Balaban J connectivity index is 2.18. The Morgan fingerprint density at radius 3 is 2.92 bits per heavy atom. The largest absolute Gasteiger partial charge is 0.392 e. The Bertz CT molecular complexity index is 232. The lowest BCUT2D eigenvalue weighted by molar-refractivity contribution is -0.126. The van der Waals surface area contributed by atoms with E-state index >= 15 is 0 Å². The molecule has 2 bridgehead atoms. The smallest absolute Gasteiger partial charge is 0.145 e. The molecule has 2 nitrogen and oxygen atoms in total. The van der Waals surface area contributed by atoms with Crippen LogP contribution in [0.15, 0.2) is 12.2 Å². The second kappa shape index (κ2) is 2.70. The van der Waals surface area contributed by atoms with Gasteiger partial charge in [0.25, 0.3) is 0 Å². The number of carbonyl (C=O) groups is 1. The molecule has 12 heavy (non-hydrogen) atoms. The molecule has 0 aromatic heterocycles. The van der Waals surface area contributed by atoms with Gasteiger partial charge in [-0.3, -0.25) is 4.79 Å². The van der Waals surface area contributed by atoms with E-state index in [1.165, 1.54) is 0 Å². The SMILES string of the molecule is CC[C@H](O)[C@@H]1C(=O)[C@H]2C=C[C@@H]1C2. The van der Waals surface area contributed by atoms with Crippen LogP contribution in [-0.2, 0) is 4.79 Å². The van der Waals surface area contributed by atoms with Gasteiger partial charge >= 0.3 is 0 Å². The molecular weight excluding hydrogens is 152 g/mol. The Labute approximate surface area is 72.3 Å². The minimum absolute atomic E-state index is 0.0926. The van der Waals surface area contributed by atoms with Crippen molar-refractivity contribution in [3.63, 3.8) is 0 Å². The number of ketones is 1. The second-order valence-corrected chi connectivity index (χ2v) is 3.79. The maximum atomic E-state index is 11.6. The van der Waals surface area contributed by atoms with Crippen molar-refractivity contribution >= 4 is 5.78 Å². The molecule has 0 unspecified atom stereocenters. The van der Waals surface area contributed by atoms with Gasteiger partial charge in [-0.15, -0.1) is 0 Å². The summed E-state index contributed by atoms with van der Waals surface area (Å²) in [6.45, 7) is 1.92. The Morgan fingerprint density at radius 1 is 1.67 bits per heavy atom. The van der Waals surface area contributed by atoms with Gasteiger partial charge in [-0.2, -0.15) is 0 Å². The number of fused-ring (bicyclic) bond motifs is 2. The summed E-state index contributed by atoms with van der Waals surface area (Å²) in [6, 6.07) is 0. The lowest BCUT2D eigenvalue weighted by atomic mass is 9.86. The summed E-state index contributed by atoms with van der Waals surface area (Å²) in [7, 11) is 0. The van der Waals surface area contributed by atoms with Crippen molar-refractivity contribution in [3.05, 3.63) is 12.2 Å². The fourth-order valence-corrected chi connectivity index (χ4v) is 2.39. The highest BCUT2D eigenvalue weighted by Crippen LogP contribution is 2.42. The molecule has 1 N–H and O–H groups in total. The Hall–Kier alpha value is -0.630. The molecule has 0 amide bonds. The summed E-state index contributed by atoms with van der Waals surface area (Å²) in [5, 5.41) is 9.60. The molecule has 2 rings (SSSR count). The van der Waals surface area contributed by atoms with Crippen LogP contribution in [0.3, 0.4) is 0 Å². The van der Waals surface area contributed by atoms with Crippen LogP contribution in [0.1, 0.15) is 19.8 Å². The number of allylic oxidation sites excluding steroid dienone is 2. The molecule has 66 valence electrons. The van der Waals surface area contributed by atoms with Crippen molar-refractivity contribution in [3.8, 4) is 0 Å². The number of hydrogen-bond donors (Lipinski definition) is 1. The van der Waals surface area contributed by atoms with Crippen molar-refractivity contribution in [2.24, 2.45) is 17.8 Å². The van der Waals surface area contributed by atoms with Crippen LogP contribution in [0.4, 0.5) is 0 Å². The van der Waals surface area contributed by atoms with Crippen molar-refractivity contribution in [1.29, 1.82) is 0 Å². The van der Waals surface area contributed by atoms with E-state index in [4.69, 9.17) is 0 Å². The van der Waals surface area contributed by atoms with Crippen LogP contribution in [0.5, 0.6) is 0 Å². The van der Waals surface area contributed by atoms with Crippen LogP contribution < -0.4 is 0 Å². The molecule has 1 fully saturated rings. The van der Waals surface area contributed by atoms with E-state index in [9.17, 15) is 9.90 Å². The molecule has 0 aromatic rings. The Morgan fingerprint density at radius 2 is 2.42 bits per heavy atom. The van der Waals surface area contributed by atoms with E-state index in [1.807, 2.05) is 13.0 Å². The zero-order valence-corrected chi connectivity index (χ0v) is 7.23. The van der Waals surface area contributed by atoms with Crippen LogP contribution in [0.2, 0.25) is 0 Å². The molecule has 2 aliphatic carbocycles. The first-order valence-corrected chi connectivity index (χ1v) is 4.64. The standard InChI is InChI=1S/C10H14O2/c1-2-8(11)9-6-3-4-7(5-6)10(9)12/h3-4,6-9,11H,2,5H2,1H3/t6-,7+,8+,9-/m1/s1. The van der Waals surface area contributed by atoms with E-state index in [2.05, 4.69) is 6.08 Å². The minimum Gasteiger partial charge on any atom is -0.392 e. The predicted octanol–water partition coefficient (Wildman–Crippen LogP) is 1.15. The second-order valence-electron chi connectivity index (χ2n) is 3.79. The molecule has 2 heteroatoms. The van der Waals surface area contributed by atoms with Gasteiger partial charge in [-0.1, -0.05) is 19.1 Å². The third kappa shape index (κ3) is 0.944. The van der Waals surface area contributed by atoms with Crippen LogP contribution >= 0.6 is 0 Å². The number of carbonyl (C=O) groups excluding carboxylic acids is 1. The molecule has 0 saturated heterocycles. The summed E-state index contributed by atoms with van der Waals surface area (Å²) in [5.41, 5.74) is 0. The van der Waals surface area contributed by atoms with Crippen LogP contribution in [0.25, 0.3) is 0 Å². The van der Waals surface area contributed by atoms with E-state index in [0.29, 0.717) is 12.3 Å². The van der Waals surface area contributed by atoms with Gasteiger partial charge < -0.3 is 5.11 Å². The zero-order chi connectivity index (χ0) is 8.72. The van der Waals surface area contributed by atoms with Crippen molar-refractivity contribution in [2.75, 3.05) is 0 Å². The van der Waals surface area contributed by atoms with E-state index in [1.54, 1.807) is 0 Å². The topological polar surface area (TPSA) is 37.3 Å². The lowest BCUT2D eigenvalue weighted by Gasteiger charge is -2.21. The predicted molar refractivity (Wildman–Crippen MR) is 45.5 cm³/mol. The minimum atomic E-state index is -0.419. The highest BCUT2D eigenvalue weighted by molar-refractivity contribution is 5.89. The normalized spacial score (nSPS) is 40.8. The molecule has 0 aliphatic heterocycles. The Kier molecular flexibility index (Phi) is 1.80. The van der Waals surface area contributed by atoms with Gasteiger partial charge in [0.1, 0.15) is 5.78 Å². The molecule has 1 saturated carbocycles. The van der Waals surface area contributed by atoms with Gasteiger partial charge in [0.05, 0.1) is 12.0 Å². The van der Waals surface area contributed by atoms with Gasteiger partial charge in [0.15, 0.2) is 0 Å². The van der Waals surface area contributed by atoms with Crippen molar-refractivity contribution in [2.45, 2.75) is 25.9 Å². The van der Waals surface area contributed by atoms with E-state index < -0.39 is 6.10 Å². The van der Waals surface area contributed by atoms with Crippen molar-refractivity contribution in [1.82, 2.24) is 0 Å².